The molecule has 140 valence electrons. The molecule has 0 saturated carbocycles. The molecule has 1 aliphatic rings. The SMILES string of the molecule is N[C@H](CCO)C(=O)OC[C@H]1O[C@@H](n2ccc(NO)nc2=O)[C@H](O)[C@@H]1O. The number of nitrogens with zero attached hydrogens (tertiary/aromatic N) is 2. The van der Waals surface area contributed by atoms with Gasteiger partial charge in [-0.3, -0.25) is 20.0 Å². The van der Waals surface area contributed by atoms with E-state index in [1.54, 1.807) is 5.48 Å². The van der Waals surface area contributed by atoms with Crippen LogP contribution in [0, 0.1) is 0 Å². The number of anilines is 1. The van der Waals surface area contributed by atoms with E-state index >= 15 is 0 Å². The Balaban J connectivity index is 2.03. The summed E-state index contributed by atoms with van der Waals surface area (Å²) >= 11 is 0. The first-order valence-electron chi connectivity index (χ1n) is 7.43. The third-order valence-corrected chi connectivity index (χ3v) is 3.69. The number of ether oxygens (including phenoxy) is 2. The average Bonchev–Trinajstić information content (AvgIpc) is 2.88. The summed E-state index contributed by atoms with van der Waals surface area (Å²) in [6.07, 6.45) is -4.01. The predicted molar refractivity (Wildman–Crippen MR) is 80.5 cm³/mol. The molecule has 25 heavy (non-hydrogen) atoms. The molecule has 1 fully saturated rings. The third kappa shape index (κ3) is 4.31. The molecule has 1 aliphatic heterocycles. The number of carbonyl (C=O) groups excluding carboxylic acids is 1. The van der Waals surface area contributed by atoms with Crippen LogP contribution in [0.4, 0.5) is 5.82 Å². The van der Waals surface area contributed by atoms with Crippen LogP contribution in [0.25, 0.3) is 0 Å². The summed E-state index contributed by atoms with van der Waals surface area (Å²) in [6, 6.07) is 0.236. The fourth-order valence-corrected chi connectivity index (χ4v) is 2.29. The second-order valence-corrected chi connectivity index (χ2v) is 5.41. The highest BCUT2D eigenvalue weighted by atomic mass is 16.6. The third-order valence-electron chi connectivity index (χ3n) is 3.69. The van der Waals surface area contributed by atoms with E-state index in [0.717, 1.165) is 4.57 Å². The van der Waals surface area contributed by atoms with Gasteiger partial charge in [-0.05, 0) is 12.5 Å². The molecule has 1 aromatic heterocycles. The molecule has 12 heteroatoms. The van der Waals surface area contributed by atoms with Crippen molar-refractivity contribution in [1.82, 2.24) is 9.55 Å². The first-order valence-corrected chi connectivity index (χ1v) is 7.43. The molecule has 1 saturated heterocycles. The van der Waals surface area contributed by atoms with Crippen LogP contribution in [-0.2, 0) is 14.3 Å². The second-order valence-electron chi connectivity index (χ2n) is 5.41. The molecule has 12 nitrogen and oxygen atoms in total. The zero-order valence-electron chi connectivity index (χ0n) is 13.1. The molecule has 0 amide bonds. The standard InChI is InChI=1S/C13H20N4O8/c14-6(2-4-18)12(21)24-5-7-9(19)10(20)11(25-7)17-3-1-8(16-23)15-13(17)22/h1,3,6-7,9-11,18-20,23H,2,4-5,14H2,(H,15,16,22)/t6-,7-,9-,10-,11-/m1/s1. The number of hydrogen-bond acceptors (Lipinski definition) is 11. The van der Waals surface area contributed by atoms with Gasteiger partial charge in [0.15, 0.2) is 12.0 Å². The molecule has 2 rings (SSSR count). The summed E-state index contributed by atoms with van der Waals surface area (Å²) in [7, 11) is 0. The maximum atomic E-state index is 11.9. The number of nitrogens with two attached hydrogens (primary N) is 1. The van der Waals surface area contributed by atoms with Gasteiger partial charge in [-0.2, -0.15) is 4.98 Å². The van der Waals surface area contributed by atoms with Crippen LogP contribution in [0.1, 0.15) is 12.6 Å². The highest BCUT2D eigenvalue weighted by Crippen LogP contribution is 2.28. The first kappa shape index (κ1) is 19.2. The fraction of sp³-hybridized carbons (Fsp3) is 0.615. The number of esters is 1. The number of nitrogens with one attached hydrogen (secondary N) is 1. The number of carbonyl (C=O) groups is 1. The summed E-state index contributed by atoms with van der Waals surface area (Å²) in [5.41, 5.74) is 6.34. The topological polar surface area (TPSA) is 189 Å². The number of aliphatic hydroxyl groups excluding tert-OH is 3. The van der Waals surface area contributed by atoms with Crippen molar-refractivity contribution >= 4 is 11.8 Å². The van der Waals surface area contributed by atoms with Gasteiger partial charge in [0.1, 0.15) is 31.0 Å². The van der Waals surface area contributed by atoms with Crippen LogP contribution in [0.15, 0.2) is 17.1 Å². The molecule has 1 aromatic rings. The van der Waals surface area contributed by atoms with Gasteiger partial charge in [-0.25, -0.2) is 4.79 Å². The molecule has 0 radical (unpaired) electrons. The van der Waals surface area contributed by atoms with E-state index in [-0.39, 0.29) is 18.8 Å². The van der Waals surface area contributed by atoms with Crippen LogP contribution >= 0.6 is 0 Å². The van der Waals surface area contributed by atoms with E-state index in [4.69, 9.17) is 25.5 Å². The summed E-state index contributed by atoms with van der Waals surface area (Å²) in [5.74, 6) is -0.891. The van der Waals surface area contributed by atoms with Gasteiger partial charge >= 0.3 is 11.7 Å². The lowest BCUT2D eigenvalue weighted by Crippen LogP contribution is -2.38. The van der Waals surface area contributed by atoms with Crippen molar-refractivity contribution in [2.45, 2.75) is 37.0 Å². The zero-order valence-corrected chi connectivity index (χ0v) is 13.1. The fourth-order valence-electron chi connectivity index (χ4n) is 2.29. The summed E-state index contributed by atoms with van der Waals surface area (Å²) in [5, 5.41) is 37.5. The molecule has 7 N–H and O–H groups in total. The highest BCUT2D eigenvalue weighted by molar-refractivity contribution is 5.75. The van der Waals surface area contributed by atoms with Gasteiger partial charge in [0.25, 0.3) is 0 Å². The van der Waals surface area contributed by atoms with Gasteiger partial charge in [0.2, 0.25) is 0 Å². The number of rotatable bonds is 7. The lowest BCUT2D eigenvalue weighted by molar-refractivity contribution is -0.152. The molecular weight excluding hydrogens is 340 g/mol. The largest absolute Gasteiger partial charge is 0.462 e. The normalized spacial score (nSPS) is 27.1. The Kier molecular flexibility index (Phi) is 6.41. The minimum atomic E-state index is -1.47. The Morgan fingerprint density at radius 2 is 2.20 bits per heavy atom. The predicted octanol–water partition coefficient (Wildman–Crippen LogP) is -3.08. The van der Waals surface area contributed by atoms with Gasteiger partial charge in [0, 0.05) is 12.8 Å². The van der Waals surface area contributed by atoms with Crippen molar-refractivity contribution in [2.24, 2.45) is 5.73 Å². The van der Waals surface area contributed by atoms with E-state index in [0.29, 0.717) is 0 Å². The number of hydrogen-bond donors (Lipinski definition) is 6. The van der Waals surface area contributed by atoms with Crippen molar-refractivity contribution in [3.63, 3.8) is 0 Å². The van der Waals surface area contributed by atoms with Crippen molar-refractivity contribution in [1.29, 1.82) is 0 Å². The maximum Gasteiger partial charge on any atom is 0.351 e. The monoisotopic (exact) mass is 360 g/mol. The Morgan fingerprint density at radius 1 is 1.48 bits per heavy atom. The first-order chi connectivity index (χ1) is 11.9. The second kappa shape index (κ2) is 8.33. The van der Waals surface area contributed by atoms with Crippen LogP contribution in [0.2, 0.25) is 0 Å². The quantitative estimate of drug-likeness (QED) is 0.213. The Hall–Kier alpha value is -2.09. The van der Waals surface area contributed by atoms with Crippen molar-refractivity contribution in [2.75, 3.05) is 18.7 Å². The highest BCUT2D eigenvalue weighted by Gasteiger charge is 2.44. The molecule has 0 aromatic carbocycles. The zero-order chi connectivity index (χ0) is 18.6. The molecule has 2 heterocycles. The van der Waals surface area contributed by atoms with Gasteiger partial charge in [-0.1, -0.05) is 0 Å². The van der Waals surface area contributed by atoms with E-state index in [2.05, 4.69) is 4.98 Å². The van der Waals surface area contributed by atoms with Crippen molar-refractivity contribution < 1.29 is 34.8 Å². The summed E-state index contributed by atoms with van der Waals surface area (Å²) < 4.78 is 11.2. The van der Waals surface area contributed by atoms with E-state index < -0.39 is 48.8 Å². The van der Waals surface area contributed by atoms with Gasteiger partial charge in [0.05, 0.1) is 0 Å². The number of aromatic nitrogens is 2. The Morgan fingerprint density at radius 3 is 2.80 bits per heavy atom. The van der Waals surface area contributed by atoms with Crippen molar-refractivity contribution in [3.05, 3.63) is 22.7 Å². The molecule has 0 aliphatic carbocycles. The average molecular weight is 360 g/mol. The minimum absolute atomic E-state index is 0.0183. The lowest BCUT2D eigenvalue weighted by Gasteiger charge is -2.17. The Labute approximate surface area is 141 Å². The van der Waals surface area contributed by atoms with E-state index in [1.807, 2.05) is 0 Å². The molecule has 0 bridgehead atoms. The maximum absolute atomic E-state index is 11.9. The molecular formula is C13H20N4O8. The Bertz CT molecular complexity index is 653. The van der Waals surface area contributed by atoms with Crippen LogP contribution < -0.4 is 16.9 Å². The molecule has 0 unspecified atom stereocenters. The minimum Gasteiger partial charge on any atom is -0.462 e. The van der Waals surface area contributed by atoms with Crippen molar-refractivity contribution in [3.8, 4) is 0 Å². The van der Waals surface area contributed by atoms with E-state index in [1.165, 1.54) is 12.3 Å². The van der Waals surface area contributed by atoms with Crippen LogP contribution in [0.5, 0.6) is 0 Å². The molecule has 0 spiro atoms. The number of aliphatic hydroxyl groups is 3. The summed E-state index contributed by atoms with van der Waals surface area (Å²) in [4.78, 5) is 27.0. The molecule has 5 atom stereocenters. The van der Waals surface area contributed by atoms with E-state index in [9.17, 15) is 19.8 Å². The summed E-state index contributed by atoms with van der Waals surface area (Å²) in [6.45, 7) is -0.681. The van der Waals surface area contributed by atoms with Gasteiger partial charge in [-0.15, -0.1) is 0 Å². The van der Waals surface area contributed by atoms with Gasteiger partial charge < -0.3 is 30.5 Å². The van der Waals surface area contributed by atoms with Crippen LogP contribution in [-0.4, -0.2) is 73.6 Å². The van der Waals surface area contributed by atoms with Crippen LogP contribution in [0.3, 0.4) is 0 Å². The smallest absolute Gasteiger partial charge is 0.351 e. The lowest BCUT2D eigenvalue weighted by atomic mass is 10.1.